The first-order chi connectivity index (χ1) is 13.9. The van der Waals surface area contributed by atoms with Crippen LogP contribution in [0.4, 0.5) is 0 Å². The zero-order chi connectivity index (χ0) is 20.6. The summed E-state index contributed by atoms with van der Waals surface area (Å²) in [5.74, 6) is 0.154. The summed E-state index contributed by atoms with van der Waals surface area (Å²) in [5, 5.41) is 5.27. The highest BCUT2D eigenvalue weighted by Crippen LogP contribution is 2.28. The Morgan fingerprint density at radius 1 is 1.03 bits per heavy atom. The number of hydrogen-bond donors (Lipinski definition) is 0. The van der Waals surface area contributed by atoms with E-state index in [4.69, 9.17) is 4.18 Å². The molecule has 2 aromatic carbocycles. The summed E-state index contributed by atoms with van der Waals surface area (Å²) in [6.45, 7) is 5.93. The highest BCUT2D eigenvalue weighted by atomic mass is 32.2. The van der Waals surface area contributed by atoms with Crippen molar-refractivity contribution in [3.8, 4) is 11.6 Å². The number of benzene rings is 2. The van der Waals surface area contributed by atoms with Crippen LogP contribution in [0.15, 0.2) is 65.7 Å². The predicted octanol–water partition coefficient (Wildman–Crippen LogP) is 4.37. The molecule has 0 aliphatic rings. The van der Waals surface area contributed by atoms with Crippen molar-refractivity contribution in [3.05, 3.63) is 77.6 Å². The Labute approximate surface area is 169 Å². The second-order valence-corrected chi connectivity index (χ2v) is 8.41. The minimum atomic E-state index is -4.11. The molecule has 0 atom stereocenters. The zero-order valence-corrected chi connectivity index (χ0v) is 17.3. The standard InChI is InChI=1S/C22H21N3O3S/c1-4-18-14-21(25(24-18)19-11-10-15(2)13-16(19)3)28-29(26,27)20-9-5-7-17-8-6-12-23-22(17)20/h5-14H,4H2,1-3H3. The molecule has 0 fully saturated rings. The number of para-hydroxylation sites is 1. The summed E-state index contributed by atoms with van der Waals surface area (Å²) in [5.41, 5.74) is 3.99. The molecule has 7 heteroatoms. The van der Waals surface area contributed by atoms with Gasteiger partial charge in [0.2, 0.25) is 5.88 Å². The Hall–Kier alpha value is -3.19. The second kappa shape index (κ2) is 7.33. The van der Waals surface area contributed by atoms with Crippen LogP contribution in [-0.4, -0.2) is 23.2 Å². The minimum absolute atomic E-state index is 0.0297. The minimum Gasteiger partial charge on any atom is -0.358 e. The molecule has 0 aliphatic carbocycles. The smallest absolute Gasteiger partial charge is 0.342 e. The maximum Gasteiger partial charge on any atom is 0.342 e. The molecule has 2 aromatic heterocycles. The average Bonchev–Trinajstić information content (AvgIpc) is 3.09. The van der Waals surface area contributed by atoms with Gasteiger partial charge in [0.25, 0.3) is 0 Å². The predicted molar refractivity (Wildman–Crippen MR) is 112 cm³/mol. The van der Waals surface area contributed by atoms with Crippen LogP contribution >= 0.6 is 0 Å². The first-order valence-electron chi connectivity index (χ1n) is 9.34. The lowest BCUT2D eigenvalue weighted by Crippen LogP contribution is -2.14. The number of nitrogens with zero attached hydrogens (tertiary/aromatic N) is 3. The zero-order valence-electron chi connectivity index (χ0n) is 16.5. The van der Waals surface area contributed by atoms with Gasteiger partial charge in [0.1, 0.15) is 4.90 Å². The van der Waals surface area contributed by atoms with E-state index in [1.54, 1.807) is 29.1 Å². The van der Waals surface area contributed by atoms with E-state index in [2.05, 4.69) is 10.1 Å². The van der Waals surface area contributed by atoms with Crippen LogP contribution in [0.5, 0.6) is 5.88 Å². The highest BCUT2D eigenvalue weighted by molar-refractivity contribution is 7.87. The van der Waals surface area contributed by atoms with Crippen molar-refractivity contribution in [2.24, 2.45) is 0 Å². The molecule has 0 aliphatic heterocycles. The molecule has 2 heterocycles. The van der Waals surface area contributed by atoms with Crippen molar-refractivity contribution in [1.82, 2.24) is 14.8 Å². The first kappa shape index (κ1) is 19.1. The fourth-order valence-corrected chi connectivity index (χ4v) is 4.38. The first-order valence-corrected chi connectivity index (χ1v) is 10.7. The third-order valence-corrected chi connectivity index (χ3v) is 5.99. The molecule has 0 saturated carbocycles. The Bertz CT molecular complexity index is 1300. The van der Waals surface area contributed by atoms with Gasteiger partial charge >= 0.3 is 10.1 Å². The number of rotatable bonds is 5. The SMILES string of the molecule is CCc1cc(OS(=O)(=O)c2cccc3cccnc23)n(-c2ccc(C)cc2C)n1. The van der Waals surface area contributed by atoms with E-state index >= 15 is 0 Å². The normalized spacial score (nSPS) is 11.7. The fourth-order valence-electron chi connectivity index (χ4n) is 3.29. The molecule has 0 spiro atoms. The maximum atomic E-state index is 13.1. The van der Waals surface area contributed by atoms with Crippen molar-refractivity contribution >= 4 is 21.0 Å². The van der Waals surface area contributed by atoms with Gasteiger partial charge in [0.15, 0.2) is 0 Å². The van der Waals surface area contributed by atoms with Gasteiger partial charge in [-0.2, -0.15) is 18.2 Å². The molecule has 0 amide bonds. The molecule has 29 heavy (non-hydrogen) atoms. The van der Waals surface area contributed by atoms with Gasteiger partial charge in [-0.05, 0) is 44.0 Å². The molecule has 6 nitrogen and oxygen atoms in total. The fraction of sp³-hybridized carbons (Fsp3) is 0.182. The number of hydrogen-bond acceptors (Lipinski definition) is 5. The van der Waals surface area contributed by atoms with Gasteiger partial charge < -0.3 is 4.18 Å². The molecule has 4 aromatic rings. The van der Waals surface area contributed by atoms with Gasteiger partial charge in [0.05, 0.1) is 16.9 Å². The Kier molecular flexibility index (Phi) is 4.84. The van der Waals surface area contributed by atoms with Crippen molar-refractivity contribution in [2.45, 2.75) is 32.1 Å². The molecule has 0 N–H and O–H groups in total. The third-order valence-electron chi connectivity index (χ3n) is 4.73. The molecule has 0 saturated heterocycles. The summed E-state index contributed by atoms with van der Waals surface area (Å²) in [6, 6.07) is 16.1. The highest BCUT2D eigenvalue weighted by Gasteiger charge is 2.24. The van der Waals surface area contributed by atoms with Crippen LogP contribution in [0.25, 0.3) is 16.6 Å². The second-order valence-electron chi connectivity index (χ2n) is 6.90. The Balaban J connectivity index is 1.82. The molecule has 0 unspecified atom stereocenters. The van der Waals surface area contributed by atoms with Crippen LogP contribution in [0.3, 0.4) is 0 Å². The van der Waals surface area contributed by atoms with E-state index in [9.17, 15) is 8.42 Å². The average molecular weight is 407 g/mol. The van der Waals surface area contributed by atoms with Crippen LogP contribution < -0.4 is 4.18 Å². The van der Waals surface area contributed by atoms with Crippen LogP contribution in [0, 0.1) is 13.8 Å². The lowest BCUT2D eigenvalue weighted by atomic mass is 10.1. The monoisotopic (exact) mass is 407 g/mol. The van der Waals surface area contributed by atoms with Crippen LogP contribution in [-0.2, 0) is 16.5 Å². The van der Waals surface area contributed by atoms with Gasteiger partial charge in [-0.3, -0.25) is 4.98 Å². The quantitative estimate of drug-likeness (QED) is 0.459. The summed E-state index contributed by atoms with van der Waals surface area (Å²) >= 11 is 0. The van der Waals surface area contributed by atoms with E-state index in [1.807, 2.05) is 51.1 Å². The van der Waals surface area contributed by atoms with Crippen molar-refractivity contribution in [1.29, 1.82) is 0 Å². The Morgan fingerprint density at radius 3 is 2.59 bits per heavy atom. The van der Waals surface area contributed by atoms with Gasteiger partial charge in [-0.1, -0.05) is 42.8 Å². The summed E-state index contributed by atoms with van der Waals surface area (Å²) < 4.78 is 33.4. The van der Waals surface area contributed by atoms with Gasteiger partial charge in [-0.15, -0.1) is 0 Å². The topological polar surface area (TPSA) is 74.1 Å². The van der Waals surface area contributed by atoms with Crippen molar-refractivity contribution in [3.63, 3.8) is 0 Å². The van der Waals surface area contributed by atoms with E-state index in [0.717, 1.165) is 27.9 Å². The number of fused-ring (bicyclic) bond motifs is 1. The summed E-state index contributed by atoms with van der Waals surface area (Å²) in [6.07, 6.45) is 2.22. The lowest BCUT2D eigenvalue weighted by molar-refractivity contribution is 0.465. The van der Waals surface area contributed by atoms with E-state index in [1.165, 1.54) is 6.07 Å². The lowest BCUT2D eigenvalue weighted by Gasteiger charge is -2.12. The molecule has 0 bridgehead atoms. The summed E-state index contributed by atoms with van der Waals surface area (Å²) in [7, 11) is -4.11. The van der Waals surface area contributed by atoms with Crippen LogP contribution in [0.1, 0.15) is 23.7 Å². The van der Waals surface area contributed by atoms with Gasteiger partial charge in [-0.25, -0.2) is 0 Å². The summed E-state index contributed by atoms with van der Waals surface area (Å²) in [4.78, 5) is 4.26. The van der Waals surface area contributed by atoms with E-state index in [-0.39, 0.29) is 10.8 Å². The molecular weight excluding hydrogens is 386 g/mol. The van der Waals surface area contributed by atoms with Gasteiger partial charge in [0, 0.05) is 17.6 Å². The molecule has 0 radical (unpaired) electrons. The van der Waals surface area contributed by atoms with E-state index in [0.29, 0.717) is 11.9 Å². The van der Waals surface area contributed by atoms with E-state index < -0.39 is 10.1 Å². The molecular formula is C22H21N3O3S. The Morgan fingerprint density at radius 2 is 1.83 bits per heavy atom. The largest absolute Gasteiger partial charge is 0.358 e. The van der Waals surface area contributed by atoms with Crippen LogP contribution in [0.2, 0.25) is 0 Å². The number of aryl methyl sites for hydroxylation is 3. The number of aromatic nitrogens is 3. The third kappa shape index (κ3) is 3.61. The maximum absolute atomic E-state index is 13.1. The van der Waals surface area contributed by atoms with Crippen molar-refractivity contribution < 1.29 is 12.6 Å². The van der Waals surface area contributed by atoms with Crippen molar-refractivity contribution in [2.75, 3.05) is 0 Å². The molecule has 4 rings (SSSR count). The number of pyridine rings is 1. The molecule has 148 valence electrons.